The first-order valence-electron chi connectivity index (χ1n) is 10.9. The molecule has 170 valence electrons. The lowest BCUT2D eigenvalue weighted by atomic mass is 10.1. The predicted octanol–water partition coefficient (Wildman–Crippen LogP) is 5.30. The summed E-state index contributed by atoms with van der Waals surface area (Å²) in [5.41, 5.74) is 4.52. The van der Waals surface area contributed by atoms with Gasteiger partial charge in [0.1, 0.15) is 11.3 Å². The Morgan fingerprint density at radius 2 is 1.82 bits per heavy atom. The number of nitrogens with zero attached hydrogens (tertiary/aromatic N) is 4. The molecule has 5 aromatic rings. The first kappa shape index (κ1) is 21.9. The van der Waals surface area contributed by atoms with E-state index in [4.69, 9.17) is 4.42 Å². The highest BCUT2D eigenvalue weighted by Gasteiger charge is 2.18. The summed E-state index contributed by atoms with van der Waals surface area (Å²) in [6.45, 7) is 4.02. The van der Waals surface area contributed by atoms with Crippen LogP contribution in [0.2, 0.25) is 0 Å². The molecule has 0 radical (unpaired) electrons. The molecule has 0 saturated carbocycles. The molecule has 0 aliphatic heterocycles. The standard InChI is InChI=1S/C26H22N4O3S/c1-3-17-12-20-19(13-24(32)33-23(20)14-22(17)31)15-34-26-29-28-25(18-8-10-27-11-9-18)30(26)21-7-5-4-6-16(21)2/h4-14,31H,3,15H2,1-2H3. The molecule has 3 aromatic heterocycles. The van der Waals surface area contributed by atoms with Gasteiger partial charge in [0.15, 0.2) is 11.0 Å². The van der Waals surface area contributed by atoms with Gasteiger partial charge in [0.05, 0.1) is 5.69 Å². The van der Waals surface area contributed by atoms with Crippen molar-refractivity contribution in [3.8, 4) is 22.8 Å². The molecule has 0 fully saturated rings. The Labute approximate surface area is 200 Å². The highest BCUT2D eigenvalue weighted by atomic mass is 32.2. The van der Waals surface area contributed by atoms with Crippen molar-refractivity contribution in [2.24, 2.45) is 0 Å². The summed E-state index contributed by atoms with van der Waals surface area (Å²) < 4.78 is 7.38. The third kappa shape index (κ3) is 4.08. The first-order chi connectivity index (χ1) is 16.5. The van der Waals surface area contributed by atoms with Gasteiger partial charge in [-0.05, 0) is 54.3 Å². The monoisotopic (exact) mass is 470 g/mol. The molecule has 0 atom stereocenters. The van der Waals surface area contributed by atoms with E-state index in [1.165, 1.54) is 23.9 Å². The zero-order valence-corrected chi connectivity index (χ0v) is 19.5. The van der Waals surface area contributed by atoms with Crippen LogP contribution in [0.4, 0.5) is 0 Å². The van der Waals surface area contributed by atoms with E-state index in [-0.39, 0.29) is 5.75 Å². The number of benzene rings is 2. The molecule has 0 amide bonds. The largest absolute Gasteiger partial charge is 0.508 e. The number of thioether (sulfide) groups is 1. The van der Waals surface area contributed by atoms with Crippen molar-refractivity contribution in [1.29, 1.82) is 0 Å². The van der Waals surface area contributed by atoms with E-state index in [9.17, 15) is 9.90 Å². The molecule has 0 unspecified atom stereocenters. The van der Waals surface area contributed by atoms with Crippen molar-refractivity contribution >= 4 is 22.7 Å². The molecule has 0 bridgehead atoms. The Hall–Kier alpha value is -3.91. The van der Waals surface area contributed by atoms with Crippen molar-refractivity contribution in [2.45, 2.75) is 31.2 Å². The van der Waals surface area contributed by atoms with Crippen LogP contribution >= 0.6 is 11.8 Å². The Balaban J connectivity index is 1.59. The molecule has 3 heterocycles. The second kappa shape index (κ2) is 9.15. The van der Waals surface area contributed by atoms with Crippen molar-refractivity contribution in [1.82, 2.24) is 19.7 Å². The molecule has 7 nitrogen and oxygen atoms in total. The lowest BCUT2D eigenvalue weighted by Gasteiger charge is -2.13. The Morgan fingerprint density at radius 3 is 2.59 bits per heavy atom. The number of hydrogen-bond acceptors (Lipinski definition) is 7. The van der Waals surface area contributed by atoms with Crippen LogP contribution in [0, 0.1) is 6.92 Å². The lowest BCUT2D eigenvalue weighted by Crippen LogP contribution is -2.03. The van der Waals surface area contributed by atoms with Crippen molar-refractivity contribution in [2.75, 3.05) is 0 Å². The normalized spacial score (nSPS) is 11.2. The Bertz CT molecular complexity index is 1540. The minimum absolute atomic E-state index is 0.129. The van der Waals surface area contributed by atoms with Crippen LogP contribution in [0.3, 0.4) is 0 Å². The fourth-order valence-electron chi connectivity index (χ4n) is 3.93. The highest BCUT2D eigenvalue weighted by molar-refractivity contribution is 7.98. The number of aromatic hydroxyl groups is 1. The van der Waals surface area contributed by atoms with Crippen LogP contribution in [-0.4, -0.2) is 24.9 Å². The smallest absolute Gasteiger partial charge is 0.336 e. The molecule has 0 aliphatic carbocycles. The third-order valence-corrected chi connectivity index (χ3v) is 6.67. The van der Waals surface area contributed by atoms with E-state index in [0.29, 0.717) is 22.9 Å². The van der Waals surface area contributed by atoms with Crippen LogP contribution < -0.4 is 5.63 Å². The predicted molar refractivity (Wildman–Crippen MR) is 132 cm³/mol. The summed E-state index contributed by atoms with van der Waals surface area (Å²) >= 11 is 1.49. The SMILES string of the molecule is CCc1cc2c(CSc3nnc(-c4ccncc4)n3-c3ccccc3C)cc(=O)oc2cc1O. The van der Waals surface area contributed by atoms with Crippen LogP contribution in [0.15, 0.2) is 81.4 Å². The van der Waals surface area contributed by atoms with Gasteiger partial charge in [0.2, 0.25) is 0 Å². The van der Waals surface area contributed by atoms with Crippen LogP contribution in [0.5, 0.6) is 5.75 Å². The molecule has 0 aliphatic rings. The van der Waals surface area contributed by atoms with Crippen LogP contribution in [0.25, 0.3) is 28.0 Å². The molecule has 0 spiro atoms. The topological polar surface area (TPSA) is 94.0 Å². The summed E-state index contributed by atoms with van der Waals surface area (Å²) in [6.07, 6.45) is 4.13. The fraction of sp³-hybridized carbons (Fsp3) is 0.154. The van der Waals surface area contributed by atoms with E-state index in [2.05, 4.69) is 28.2 Å². The summed E-state index contributed by atoms with van der Waals surface area (Å²) in [5, 5.41) is 20.7. The number of phenols is 1. The lowest BCUT2D eigenvalue weighted by molar-refractivity contribution is 0.466. The first-order valence-corrected chi connectivity index (χ1v) is 11.9. The second-order valence-electron chi connectivity index (χ2n) is 7.87. The van der Waals surface area contributed by atoms with Gasteiger partial charge in [-0.25, -0.2) is 4.79 Å². The quantitative estimate of drug-likeness (QED) is 0.266. The molecule has 8 heteroatoms. The molecular weight excluding hydrogens is 448 g/mol. The summed E-state index contributed by atoms with van der Waals surface area (Å²) in [7, 11) is 0. The van der Waals surface area contributed by atoms with E-state index in [1.54, 1.807) is 12.4 Å². The van der Waals surface area contributed by atoms with Crippen molar-refractivity contribution < 1.29 is 9.52 Å². The minimum Gasteiger partial charge on any atom is -0.508 e. The molecule has 1 N–H and O–H groups in total. The minimum atomic E-state index is -0.454. The molecule has 5 rings (SSSR count). The molecular formula is C26H22N4O3S. The Kier molecular flexibility index (Phi) is 5.90. The highest BCUT2D eigenvalue weighted by Crippen LogP contribution is 2.33. The summed E-state index contributed by atoms with van der Waals surface area (Å²) in [5.74, 6) is 1.33. The van der Waals surface area contributed by atoms with Crippen LogP contribution in [0.1, 0.15) is 23.6 Å². The maximum Gasteiger partial charge on any atom is 0.336 e. The third-order valence-electron chi connectivity index (χ3n) is 5.70. The maximum atomic E-state index is 12.2. The second-order valence-corrected chi connectivity index (χ2v) is 8.82. The van der Waals surface area contributed by atoms with Gasteiger partial charge < -0.3 is 9.52 Å². The van der Waals surface area contributed by atoms with Crippen LogP contribution in [-0.2, 0) is 12.2 Å². The number of para-hydroxylation sites is 1. The number of pyridine rings is 1. The Morgan fingerprint density at radius 1 is 1.03 bits per heavy atom. The van der Waals surface area contributed by atoms with Gasteiger partial charge in [-0.15, -0.1) is 10.2 Å². The zero-order valence-electron chi connectivity index (χ0n) is 18.7. The number of aromatic nitrogens is 4. The van der Waals surface area contributed by atoms with Gasteiger partial charge >= 0.3 is 5.63 Å². The number of hydrogen-bond donors (Lipinski definition) is 1. The average Bonchev–Trinajstić information content (AvgIpc) is 3.26. The van der Waals surface area contributed by atoms with Gasteiger partial charge in [-0.3, -0.25) is 9.55 Å². The molecule has 34 heavy (non-hydrogen) atoms. The number of phenolic OH excluding ortho intramolecular Hbond substituents is 1. The molecule has 2 aromatic carbocycles. The fourth-order valence-corrected chi connectivity index (χ4v) is 4.87. The summed E-state index contributed by atoms with van der Waals surface area (Å²) in [4.78, 5) is 16.3. The average molecular weight is 471 g/mol. The number of rotatable bonds is 6. The number of aryl methyl sites for hydroxylation is 2. The van der Waals surface area contributed by atoms with Gasteiger partial charge in [0, 0.05) is 41.2 Å². The van der Waals surface area contributed by atoms with E-state index < -0.39 is 5.63 Å². The van der Waals surface area contributed by atoms with E-state index in [1.807, 2.05) is 47.9 Å². The summed E-state index contributed by atoms with van der Waals surface area (Å²) in [6, 6.07) is 16.8. The van der Waals surface area contributed by atoms with Gasteiger partial charge in [-0.1, -0.05) is 36.9 Å². The number of fused-ring (bicyclic) bond motifs is 1. The van der Waals surface area contributed by atoms with E-state index in [0.717, 1.165) is 39.2 Å². The maximum absolute atomic E-state index is 12.2. The van der Waals surface area contributed by atoms with Gasteiger partial charge in [-0.2, -0.15) is 0 Å². The van der Waals surface area contributed by atoms with Crippen molar-refractivity contribution in [3.63, 3.8) is 0 Å². The van der Waals surface area contributed by atoms with E-state index >= 15 is 0 Å². The molecule has 0 saturated heterocycles. The van der Waals surface area contributed by atoms with Crippen molar-refractivity contribution in [3.05, 3.63) is 94.1 Å². The zero-order chi connectivity index (χ0) is 23.7. The van der Waals surface area contributed by atoms with Gasteiger partial charge in [0.25, 0.3) is 0 Å².